The average molecular weight is 1120 g/mol. The molecule has 1 atom stereocenters. The zero-order chi connectivity index (χ0) is 57.4. The highest BCUT2D eigenvalue weighted by Crippen LogP contribution is 2.55. The number of para-hydroxylation sites is 6. The van der Waals surface area contributed by atoms with Crippen molar-refractivity contribution in [2.45, 2.75) is 32.6 Å². The van der Waals surface area contributed by atoms with E-state index in [1.165, 1.54) is 104 Å². The Morgan fingerprint density at radius 3 is 1.31 bits per heavy atom. The fourth-order valence-electron chi connectivity index (χ4n) is 15.6. The van der Waals surface area contributed by atoms with Crippen LogP contribution in [-0.4, -0.2) is 8.80 Å². The number of fused-ring (bicyclic) bond motifs is 18. The van der Waals surface area contributed by atoms with E-state index in [4.69, 9.17) is 8.83 Å². The van der Waals surface area contributed by atoms with Gasteiger partial charge in [0.2, 0.25) is 0 Å². The van der Waals surface area contributed by atoms with E-state index in [9.17, 15) is 0 Å². The number of furan rings is 2. The van der Waals surface area contributed by atoms with Crippen molar-refractivity contribution >= 4 is 154 Å². The van der Waals surface area contributed by atoms with Gasteiger partial charge < -0.3 is 27.4 Å². The first-order chi connectivity index (χ1) is 42.9. The van der Waals surface area contributed by atoms with Crippen molar-refractivity contribution in [3.05, 3.63) is 278 Å². The maximum Gasteiger partial charge on any atom is 0.159 e. The highest BCUT2D eigenvalue weighted by Gasteiger charge is 2.33. The Morgan fingerprint density at radius 2 is 0.805 bits per heavy atom. The molecule has 6 heteroatoms. The van der Waals surface area contributed by atoms with Crippen LogP contribution in [0.3, 0.4) is 0 Å². The van der Waals surface area contributed by atoms with Gasteiger partial charge in [-0.25, -0.2) is 0 Å². The van der Waals surface area contributed by atoms with E-state index < -0.39 is 0 Å². The Hall–Kier alpha value is -11.1. The van der Waals surface area contributed by atoms with Gasteiger partial charge in [-0.2, -0.15) is 0 Å². The molecule has 87 heavy (non-hydrogen) atoms. The molecule has 18 aromatic rings. The molecule has 0 fully saturated rings. The first-order valence-electron chi connectivity index (χ1n) is 30.2. The Bertz CT molecular complexity index is 5950. The molecule has 0 aliphatic heterocycles. The van der Waals surface area contributed by atoms with Gasteiger partial charge in [0.15, 0.2) is 11.2 Å². The Morgan fingerprint density at radius 1 is 0.356 bits per heavy atom. The number of aryl methyl sites for hydroxylation is 2. The number of rotatable bonds is 8. The van der Waals surface area contributed by atoms with Crippen LogP contribution >= 0.6 is 0 Å². The maximum absolute atomic E-state index is 6.93. The van der Waals surface area contributed by atoms with Crippen molar-refractivity contribution in [1.82, 2.24) is 8.80 Å². The predicted molar refractivity (Wildman–Crippen MR) is 365 cm³/mol. The van der Waals surface area contributed by atoms with E-state index in [0.717, 1.165) is 84.4 Å². The van der Waals surface area contributed by atoms with Gasteiger partial charge in [-0.3, -0.25) is 0 Å². The molecule has 410 valence electrons. The lowest BCUT2D eigenvalue weighted by atomic mass is 9.77. The van der Waals surface area contributed by atoms with Gasteiger partial charge in [-0.05, 0) is 121 Å². The standard InChI is InChI=1S/C81H54N4O2/c1-48-71-61-42-44-65(82(53-38-34-51(35-39-53)50-20-6-4-7-21-50)67-30-18-26-57-55-22-10-14-32-69(55)86-79(57)67)73-59-24-8-12-28-63(59)84(77(61)73)75(71)49(2)72-62-43-45-66(74-60-25-9-13-29-64(60)85(76(48)72)78(62)74)83(54-40-36-52(37-41-54)81(3)46-16-5-17-47-81)68-31-19-27-58-56-23-11-15-33-70(56)87-80(58)68/h4-46H,47H2,1-3H3. The Labute approximate surface area is 500 Å². The minimum atomic E-state index is -0.0943. The summed E-state index contributed by atoms with van der Waals surface area (Å²) in [6, 6.07) is 86.6. The second kappa shape index (κ2) is 17.7. The average Bonchev–Trinajstić information content (AvgIpc) is 1.51. The van der Waals surface area contributed by atoms with Crippen LogP contribution in [-0.2, 0) is 5.41 Å². The molecule has 0 radical (unpaired) electrons. The number of aromatic nitrogens is 2. The summed E-state index contributed by atoms with van der Waals surface area (Å²) in [5, 5.41) is 14.2. The van der Waals surface area contributed by atoms with Crippen LogP contribution in [0.15, 0.2) is 270 Å². The molecule has 0 bridgehead atoms. The van der Waals surface area contributed by atoms with Gasteiger partial charge in [-0.1, -0.05) is 195 Å². The molecule has 1 aliphatic carbocycles. The third-order valence-electron chi connectivity index (χ3n) is 19.5. The molecule has 6 aromatic heterocycles. The molecule has 0 saturated heterocycles. The number of hydrogen-bond donors (Lipinski definition) is 0. The lowest BCUT2D eigenvalue weighted by Crippen LogP contribution is -2.19. The fraction of sp³-hybridized carbons (Fsp3) is 0.0617. The summed E-state index contributed by atoms with van der Waals surface area (Å²) in [5.74, 6) is 0. The van der Waals surface area contributed by atoms with Crippen molar-refractivity contribution in [2.75, 3.05) is 9.80 Å². The molecule has 0 amide bonds. The first kappa shape index (κ1) is 48.3. The van der Waals surface area contributed by atoms with E-state index in [1.807, 2.05) is 0 Å². The van der Waals surface area contributed by atoms with Crippen LogP contribution < -0.4 is 9.80 Å². The van der Waals surface area contributed by atoms with E-state index in [1.54, 1.807) is 0 Å². The lowest BCUT2D eigenvalue weighted by Gasteiger charge is -2.30. The molecule has 12 aromatic carbocycles. The fourth-order valence-corrected chi connectivity index (χ4v) is 15.6. The van der Waals surface area contributed by atoms with Crippen LogP contribution in [0.25, 0.3) is 131 Å². The van der Waals surface area contributed by atoms with Crippen LogP contribution in [0.1, 0.15) is 30.0 Å². The van der Waals surface area contributed by atoms with Crippen molar-refractivity contribution in [1.29, 1.82) is 0 Å². The Kier molecular flexibility index (Phi) is 9.85. The minimum absolute atomic E-state index is 0.0943. The summed E-state index contributed by atoms with van der Waals surface area (Å²) in [6.07, 6.45) is 9.90. The van der Waals surface area contributed by atoms with Crippen LogP contribution in [0.4, 0.5) is 34.1 Å². The zero-order valence-electron chi connectivity index (χ0n) is 48.1. The van der Waals surface area contributed by atoms with Gasteiger partial charge >= 0.3 is 0 Å². The molecule has 0 saturated carbocycles. The molecule has 19 rings (SSSR count). The summed E-state index contributed by atoms with van der Waals surface area (Å²) in [7, 11) is 0. The summed E-state index contributed by atoms with van der Waals surface area (Å²) in [6.45, 7) is 7.08. The summed E-state index contributed by atoms with van der Waals surface area (Å²) in [4.78, 5) is 4.89. The van der Waals surface area contributed by atoms with E-state index in [2.05, 4.69) is 300 Å². The lowest BCUT2D eigenvalue weighted by molar-refractivity contribution is 0.600. The van der Waals surface area contributed by atoms with Crippen LogP contribution in [0.5, 0.6) is 0 Å². The quantitative estimate of drug-likeness (QED) is 0.152. The van der Waals surface area contributed by atoms with Gasteiger partial charge in [0, 0.05) is 81.4 Å². The molecular formula is C81H54N4O2. The van der Waals surface area contributed by atoms with Gasteiger partial charge in [-0.15, -0.1) is 0 Å². The van der Waals surface area contributed by atoms with Gasteiger partial charge in [0.05, 0.1) is 55.8 Å². The second-order valence-corrected chi connectivity index (χ2v) is 24.2. The van der Waals surface area contributed by atoms with Crippen molar-refractivity contribution in [3.63, 3.8) is 0 Å². The van der Waals surface area contributed by atoms with E-state index in [-0.39, 0.29) is 5.41 Å². The Balaban J connectivity index is 0.878. The SMILES string of the molecule is Cc1c2c3ccc(N(c4ccc(C5(C)C=CC=CC5)cc4)c4cccc5c4oc4ccccc45)c4c5ccccc5n(c2c(C)c2c5ccc(N(c6ccc(-c7ccccc7)cc6)c6cccc7c6oc6ccccc67)c6c7ccccc7n(c12)c56)c34. The maximum atomic E-state index is 6.93. The highest BCUT2D eigenvalue weighted by atomic mass is 16.3. The smallest absolute Gasteiger partial charge is 0.159 e. The van der Waals surface area contributed by atoms with Crippen molar-refractivity contribution in [3.8, 4) is 11.1 Å². The van der Waals surface area contributed by atoms with Crippen LogP contribution in [0.2, 0.25) is 0 Å². The molecule has 0 N–H and O–H groups in total. The largest absolute Gasteiger partial charge is 0.454 e. The molecule has 0 spiro atoms. The number of benzene rings is 12. The van der Waals surface area contributed by atoms with Crippen molar-refractivity contribution in [2.24, 2.45) is 0 Å². The van der Waals surface area contributed by atoms with Gasteiger partial charge in [0.25, 0.3) is 0 Å². The number of nitrogens with zero attached hydrogens (tertiary/aromatic N) is 4. The summed E-state index contributed by atoms with van der Waals surface area (Å²) >= 11 is 0. The number of hydrogen-bond acceptors (Lipinski definition) is 4. The minimum Gasteiger partial charge on any atom is -0.454 e. The van der Waals surface area contributed by atoms with Crippen LogP contribution in [0, 0.1) is 13.8 Å². The second-order valence-electron chi connectivity index (χ2n) is 24.2. The number of allylic oxidation sites excluding steroid dienone is 4. The third kappa shape index (κ3) is 6.53. The van der Waals surface area contributed by atoms with Gasteiger partial charge in [0.1, 0.15) is 11.2 Å². The first-order valence-corrected chi connectivity index (χ1v) is 30.2. The molecule has 1 unspecified atom stereocenters. The normalized spacial score (nSPS) is 14.7. The predicted octanol–water partition coefficient (Wildman–Crippen LogP) is 22.8. The topological polar surface area (TPSA) is 41.6 Å². The molecular weight excluding hydrogens is 1060 g/mol. The summed E-state index contributed by atoms with van der Waals surface area (Å²) < 4.78 is 19.0. The van der Waals surface area contributed by atoms with E-state index >= 15 is 0 Å². The molecule has 1 aliphatic rings. The number of anilines is 6. The molecule has 6 heterocycles. The third-order valence-corrected chi connectivity index (χ3v) is 19.5. The summed E-state index contributed by atoms with van der Waals surface area (Å²) in [5.41, 5.74) is 23.1. The monoisotopic (exact) mass is 1110 g/mol. The highest BCUT2D eigenvalue weighted by molar-refractivity contribution is 6.34. The molecule has 6 nitrogen and oxygen atoms in total. The zero-order valence-corrected chi connectivity index (χ0v) is 48.1. The van der Waals surface area contributed by atoms with Crippen molar-refractivity contribution < 1.29 is 8.83 Å². The van der Waals surface area contributed by atoms with E-state index in [0.29, 0.717) is 0 Å².